The molecule has 0 unspecified atom stereocenters. The van der Waals surface area contributed by atoms with Gasteiger partial charge in [-0.05, 0) is 43.5 Å². The highest BCUT2D eigenvalue weighted by Gasteiger charge is 2.39. The van der Waals surface area contributed by atoms with Crippen LogP contribution in [-0.4, -0.2) is 49.4 Å². The average Bonchev–Trinajstić information content (AvgIpc) is 3.24. The van der Waals surface area contributed by atoms with Crippen molar-refractivity contribution < 1.29 is 17.9 Å². The molecule has 7 heteroatoms. The summed E-state index contributed by atoms with van der Waals surface area (Å²) in [6, 6.07) is 8.51. The first kappa shape index (κ1) is 17.7. The van der Waals surface area contributed by atoms with E-state index >= 15 is 0 Å². The van der Waals surface area contributed by atoms with Crippen LogP contribution in [0.4, 0.5) is 0 Å². The third-order valence-corrected chi connectivity index (χ3v) is 6.70. The molecule has 1 saturated carbocycles. The van der Waals surface area contributed by atoms with Crippen molar-refractivity contribution in [2.24, 2.45) is 0 Å². The Morgan fingerprint density at radius 3 is 2.40 bits per heavy atom. The topological polar surface area (TPSA) is 87.5 Å². The summed E-state index contributed by atoms with van der Waals surface area (Å²) in [6.45, 7) is -0.112. The van der Waals surface area contributed by atoms with Crippen molar-refractivity contribution in [1.29, 1.82) is 5.26 Å². The highest BCUT2D eigenvalue weighted by atomic mass is 32.2. The Labute approximate surface area is 148 Å². The van der Waals surface area contributed by atoms with Crippen molar-refractivity contribution >= 4 is 15.7 Å². The van der Waals surface area contributed by atoms with Crippen molar-refractivity contribution in [3.8, 4) is 11.8 Å². The fourth-order valence-corrected chi connectivity index (χ4v) is 5.44. The number of carbonyl (C=O) groups is 1. The fraction of sp³-hybridized carbons (Fsp3) is 0.556. The Hall–Kier alpha value is -2.07. The summed E-state index contributed by atoms with van der Waals surface area (Å²) in [5, 5.41) is 8.80. The van der Waals surface area contributed by atoms with Crippen LogP contribution < -0.4 is 4.74 Å². The van der Waals surface area contributed by atoms with Crippen molar-refractivity contribution in [3.05, 3.63) is 29.8 Å². The Morgan fingerprint density at radius 2 is 1.84 bits per heavy atom. The zero-order valence-electron chi connectivity index (χ0n) is 14.1. The molecular formula is C18H22N2O4S. The zero-order valence-corrected chi connectivity index (χ0v) is 14.9. The predicted octanol–water partition coefficient (Wildman–Crippen LogP) is 1.90. The van der Waals surface area contributed by atoms with E-state index in [1.807, 2.05) is 6.07 Å². The predicted molar refractivity (Wildman–Crippen MR) is 92.8 cm³/mol. The van der Waals surface area contributed by atoms with E-state index in [4.69, 9.17) is 10.00 Å². The summed E-state index contributed by atoms with van der Waals surface area (Å²) in [6.07, 6.45) is 4.52. The number of ether oxygens (including phenoxy) is 1. The minimum atomic E-state index is -3.04. The van der Waals surface area contributed by atoms with E-state index in [9.17, 15) is 13.2 Å². The summed E-state index contributed by atoms with van der Waals surface area (Å²) >= 11 is 0. The van der Waals surface area contributed by atoms with Gasteiger partial charge in [0.15, 0.2) is 16.4 Å². The summed E-state index contributed by atoms with van der Waals surface area (Å²) in [5.74, 6) is 0.590. The molecular weight excluding hydrogens is 340 g/mol. The van der Waals surface area contributed by atoms with Gasteiger partial charge in [-0.1, -0.05) is 12.8 Å². The van der Waals surface area contributed by atoms with Crippen LogP contribution in [0.5, 0.6) is 5.75 Å². The van der Waals surface area contributed by atoms with Gasteiger partial charge >= 0.3 is 0 Å². The number of rotatable bonds is 5. The second-order valence-corrected chi connectivity index (χ2v) is 8.95. The average molecular weight is 362 g/mol. The molecule has 1 aromatic rings. The molecule has 134 valence electrons. The van der Waals surface area contributed by atoms with Crippen molar-refractivity contribution in [2.45, 2.75) is 44.2 Å². The van der Waals surface area contributed by atoms with Gasteiger partial charge in [0.2, 0.25) is 0 Å². The van der Waals surface area contributed by atoms with Crippen LogP contribution in [0.1, 0.15) is 37.7 Å². The highest BCUT2D eigenvalue weighted by Crippen LogP contribution is 2.29. The molecule has 0 bridgehead atoms. The minimum Gasteiger partial charge on any atom is -0.484 e. The van der Waals surface area contributed by atoms with Gasteiger partial charge in [-0.2, -0.15) is 5.26 Å². The molecule has 0 radical (unpaired) electrons. The third kappa shape index (κ3) is 4.31. The van der Waals surface area contributed by atoms with Crippen LogP contribution in [0.15, 0.2) is 24.3 Å². The van der Waals surface area contributed by atoms with E-state index < -0.39 is 9.84 Å². The Kier molecular flexibility index (Phi) is 5.28. The lowest BCUT2D eigenvalue weighted by molar-refractivity contribution is -0.137. The van der Waals surface area contributed by atoms with Gasteiger partial charge in [0, 0.05) is 12.1 Å². The zero-order chi connectivity index (χ0) is 17.9. The standard InChI is InChI=1S/C18H22N2O4S/c19-11-14-5-7-17(8-6-14)24-12-18(21)20(15-3-1-2-4-15)16-9-10-25(22,23)13-16/h5-8,15-16H,1-4,9-10,12-13H2/t16-/m1/s1. The molecule has 2 fully saturated rings. The van der Waals surface area contributed by atoms with E-state index in [1.165, 1.54) is 0 Å². The molecule has 0 spiro atoms. The normalized spacial score (nSPS) is 22.4. The SMILES string of the molecule is N#Cc1ccc(OCC(=O)N(C2CCCC2)[C@@H]2CCS(=O)(=O)C2)cc1. The second kappa shape index (κ2) is 7.44. The van der Waals surface area contributed by atoms with Crippen LogP contribution >= 0.6 is 0 Å². The fourth-order valence-electron chi connectivity index (χ4n) is 3.73. The molecule has 25 heavy (non-hydrogen) atoms. The number of nitriles is 1. The Morgan fingerprint density at radius 1 is 1.16 bits per heavy atom. The molecule has 1 saturated heterocycles. The van der Waals surface area contributed by atoms with E-state index in [0.29, 0.717) is 17.7 Å². The lowest BCUT2D eigenvalue weighted by Gasteiger charge is -2.34. The van der Waals surface area contributed by atoms with Crippen molar-refractivity contribution in [1.82, 2.24) is 4.90 Å². The lowest BCUT2D eigenvalue weighted by Crippen LogP contribution is -2.48. The first-order chi connectivity index (χ1) is 12.0. The van der Waals surface area contributed by atoms with E-state index in [2.05, 4.69) is 0 Å². The highest BCUT2D eigenvalue weighted by molar-refractivity contribution is 7.91. The molecule has 1 amide bonds. The minimum absolute atomic E-state index is 0.0616. The molecule has 0 N–H and O–H groups in total. The van der Waals surface area contributed by atoms with Gasteiger partial charge < -0.3 is 9.64 Å². The maximum atomic E-state index is 12.8. The second-order valence-electron chi connectivity index (χ2n) is 6.72. The molecule has 2 aliphatic rings. The number of nitrogens with zero attached hydrogens (tertiary/aromatic N) is 2. The summed E-state index contributed by atoms with van der Waals surface area (Å²) in [5.41, 5.74) is 0.530. The van der Waals surface area contributed by atoms with E-state index in [0.717, 1.165) is 25.7 Å². The van der Waals surface area contributed by atoms with Gasteiger partial charge in [0.25, 0.3) is 5.91 Å². The molecule has 0 aromatic heterocycles. The van der Waals surface area contributed by atoms with Gasteiger partial charge in [0.1, 0.15) is 5.75 Å². The van der Waals surface area contributed by atoms with Crippen molar-refractivity contribution in [3.63, 3.8) is 0 Å². The van der Waals surface area contributed by atoms with Crippen LogP contribution in [0.25, 0.3) is 0 Å². The number of hydrogen-bond acceptors (Lipinski definition) is 5. The van der Waals surface area contributed by atoms with Crippen LogP contribution in [0.3, 0.4) is 0 Å². The van der Waals surface area contributed by atoms with Crippen LogP contribution in [-0.2, 0) is 14.6 Å². The summed E-state index contributed by atoms with van der Waals surface area (Å²) < 4.78 is 29.2. The molecule has 1 atom stereocenters. The molecule has 6 nitrogen and oxygen atoms in total. The Balaban J connectivity index is 1.67. The Bertz CT molecular complexity index is 761. The lowest BCUT2D eigenvalue weighted by atomic mass is 10.1. The van der Waals surface area contributed by atoms with Gasteiger partial charge in [-0.15, -0.1) is 0 Å². The first-order valence-corrected chi connectivity index (χ1v) is 10.5. The van der Waals surface area contributed by atoms with Gasteiger partial charge in [0.05, 0.1) is 23.1 Å². The third-order valence-electron chi connectivity index (χ3n) is 4.95. The summed E-state index contributed by atoms with van der Waals surface area (Å²) in [7, 11) is -3.04. The maximum absolute atomic E-state index is 12.8. The number of hydrogen-bond donors (Lipinski definition) is 0. The monoisotopic (exact) mass is 362 g/mol. The van der Waals surface area contributed by atoms with E-state index in [-0.39, 0.29) is 36.1 Å². The van der Waals surface area contributed by atoms with Crippen LogP contribution in [0.2, 0.25) is 0 Å². The maximum Gasteiger partial charge on any atom is 0.261 e. The first-order valence-electron chi connectivity index (χ1n) is 8.63. The molecule has 1 aliphatic carbocycles. The molecule has 1 aromatic carbocycles. The molecule has 1 heterocycles. The van der Waals surface area contributed by atoms with Gasteiger partial charge in [-0.25, -0.2) is 8.42 Å². The molecule has 3 rings (SSSR count). The number of carbonyl (C=O) groups excluding carboxylic acids is 1. The van der Waals surface area contributed by atoms with Crippen LogP contribution in [0, 0.1) is 11.3 Å². The molecule has 1 aliphatic heterocycles. The van der Waals surface area contributed by atoms with Gasteiger partial charge in [-0.3, -0.25) is 4.79 Å². The quantitative estimate of drug-likeness (QED) is 0.798. The number of sulfone groups is 1. The van der Waals surface area contributed by atoms with Crippen molar-refractivity contribution in [2.75, 3.05) is 18.1 Å². The number of benzene rings is 1. The largest absolute Gasteiger partial charge is 0.484 e. The van der Waals surface area contributed by atoms with E-state index in [1.54, 1.807) is 29.2 Å². The smallest absolute Gasteiger partial charge is 0.261 e. The summed E-state index contributed by atoms with van der Waals surface area (Å²) in [4.78, 5) is 14.6. The number of amides is 1.